The molecular weight excluding hydrogens is 260 g/mol. The number of hydrogen-bond donors (Lipinski definition) is 0. The monoisotopic (exact) mass is 280 g/mol. The topological polar surface area (TPSA) is 27.1 Å². The molecule has 0 aliphatic carbocycles. The number of benzene rings is 1. The summed E-state index contributed by atoms with van der Waals surface area (Å²) in [6.07, 6.45) is 0.169. The lowest BCUT2D eigenvalue weighted by molar-refractivity contribution is 0.242. The quantitative estimate of drug-likeness (QED) is 0.767. The summed E-state index contributed by atoms with van der Waals surface area (Å²) >= 11 is 6.00. The van der Waals surface area contributed by atoms with Gasteiger partial charge in [0.25, 0.3) is 0 Å². The summed E-state index contributed by atoms with van der Waals surface area (Å²) < 4.78 is 7.90. The van der Waals surface area contributed by atoms with Crippen molar-refractivity contribution in [1.82, 2.24) is 9.55 Å². The fourth-order valence-electron chi connectivity index (χ4n) is 2.18. The van der Waals surface area contributed by atoms with Gasteiger partial charge in [0, 0.05) is 12.6 Å². The summed E-state index contributed by atoms with van der Waals surface area (Å²) in [5.74, 6) is 2.78. The Morgan fingerprint density at radius 1 is 1.26 bits per heavy atom. The molecule has 0 atom stereocenters. The van der Waals surface area contributed by atoms with Gasteiger partial charge in [0.1, 0.15) is 11.6 Å². The van der Waals surface area contributed by atoms with Crippen molar-refractivity contribution in [1.29, 1.82) is 0 Å². The molecule has 4 heteroatoms. The van der Waals surface area contributed by atoms with Crippen LogP contribution in [0.3, 0.4) is 0 Å². The molecule has 0 saturated heterocycles. The Hall–Kier alpha value is -1.22. The van der Waals surface area contributed by atoms with Crippen molar-refractivity contribution in [2.24, 2.45) is 5.92 Å². The number of aromatic nitrogens is 2. The Balaban J connectivity index is 2.44. The Labute approximate surface area is 119 Å². The predicted molar refractivity (Wildman–Crippen MR) is 79.9 cm³/mol. The van der Waals surface area contributed by atoms with Crippen LogP contribution in [0.5, 0.6) is 5.75 Å². The number of hydrogen-bond acceptors (Lipinski definition) is 2. The zero-order valence-electron chi connectivity index (χ0n) is 12.0. The van der Waals surface area contributed by atoms with Gasteiger partial charge in [-0.15, -0.1) is 11.6 Å². The largest absolute Gasteiger partial charge is 0.491 e. The fraction of sp³-hybridized carbons (Fsp3) is 0.533. The van der Waals surface area contributed by atoms with E-state index in [0.29, 0.717) is 11.8 Å². The maximum atomic E-state index is 6.00. The third-order valence-electron chi connectivity index (χ3n) is 2.84. The molecule has 1 aromatic carbocycles. The first kappa shape index (κ1) is 14.2. The molecule has 3 nitrogen and oxygen atoms in total. The number of imidazole rings is 1. The van der Waals surface area contributed by atoms with Crippen LogP contribution in [0.25, 0.3) is 11.0 Å². The zero-order valence-corrected chi connectivity index (χ0v) is 12.7. The summed E-state index contributed by atoms with van der Waals surface area (Å²) in [6, 6.07) is 6.06. The highest BCUT2D eigenvalue weighted by atomic mass is 35.5. The van der Waals surface area contributed by atoms with Crippen LogP contribution in [-0.2, 0) is 12.4 Å². The van der Waals surface area contributed by atoms with E-state index in [0.717, 1.165) is 29.2 Å². The highest BCUT2D eigenvalue weighted by Crippen LogP contribution is 2.24. The van der Waals surface area contributed by atoms with Crippen LogP contribution in [0, 0.1) is 5.92 Å². The molecule has 1 heterocycles. The molecule has 0 N–H and O–H groups in total. The van der Waals surface area contributed by atoms with Crippen molar-refractivity contribution in [3.63, 3.8) is 0 Å². The first-order valence-electron chi connectivity index (χ1n) is 6.73. The van der Waals surface area contributed by atoms with Gasteiger partial charge in [-0.1, -0.05) is 13.8 Å². The lowest BCUT2D eigenvalue weighted by Gasteiger charge is -2.11. The molecule has 0 amide bonds. The van der Waals surface area contributed by atoms with Crippen LogP contribution in [0.2, 0.25) is 0 Å². The van der Waals surface area contributed by atoms with Crippen molar-refractivity contribution < 1.29 is 4.74 Å². The summed E-state index contributed by atoms with van der Waals surface area (Å²) in [5, 5.41) is 0. The normalized spacial score (nSPS) is 11.7. The van der Waals surface area contributed by atoms with Gasteiger partial charge in [-0.25, -0.2) is 4.98 Å². The summed E-state index contributed by atoms with van der Waals surface area (Å²) in [5.41, 5.74) is 2.08. The molecule has 104 valence electrons. The molecule has 0 fully saturated rings. The van der Waals surface area contributed by atoms with Crippen LogP contribution < -0.4 is 4.74 Å². The maximum absolute atomic E-state index is 6.00. The van der Waals surface area contributed by atoms with Crippen molar-refractivity contribution >= 4 is 22.6 Å². The second-order valence-corrected chi connectivity index (χ2v) is 5.75. The smallest absolute Gasteiger partial charge is 0.124 e. The van der Waals surface area contributed by atoms with Gasteiger partial charge in [0.15, 0.2) is 0 Å². The number of alkyl halides is 1. The summed E-state index contributed by atoms with van der Waals surface area (Å²) in [4.78, 5) is 4.60. The third kappa shape index (κ3) is 3.21. The average molecular weight is 281 g/mol. The van der Waals surface area contributed by atoms with E-state index in [4.69, 9.17) is 16.3 Å². The molecule has 0 unspecified atom stereocenters. The first-order chi connectivity index (χ1) is 9.01. The standard InChI is InChI=1S/C15H21ClN2O/c1-10(2)9-18-14-6-5-12(19-11(3)4)7-13(14)17-15(18)8-16/h5-7,10-11H,8-9H2,1-4H3. The Morgan fingerprint density at radius 2 is 2.00 bits per heavy atom. The minimum absolute atomic E-state index is 0.169. The van der Waals surface area contributed by atoms with E-state index in [2.05, 4.69) is 29.5 Å². The summed E-state index contributed by atoms with van der Waals surface area (Å²) in [6.45, 7) is 9.36. The van der Waals surface area contributed by atoms with E-state index in [-0.39, 0.29) is 6.10 Å². The zero-order chi connectivity index (χ0) is 14.0. The van der Waals surface area contributed by atoms with Crippen LogP contribution >= 0.6 is 11.6 Å². The van der Waals surface area contributed by atoms with Crippen LogP contribution in [0.1, 0.15) is 33.5 Å². The molecule has 0 aliphatic rings. The van der Waals surface area contributed by atoms with Crippen molar-refractivity contribution in [3.8, 4) is 5.75 Å². The van der Waals surface area contributed by atoms with E-state index in [1.165, 1.54) is 0 Å². The highest BCUT2D eigenvalue weighted by Gasteiger charge is 2.12. The van der Waals surface area contributed by atoms with E-state index in [9.17, 15) is 0 Å². The first-order valence-corrected chi connectivity index (χ1v) is 7.26. The van der Waals surface area contributed by atoms with Crippen molar-refractivity contribution in [2.45, 2.75) is 46.2 Å². The molecule has 2 aromatic rings. The van der Waals surface area contributed by atoms with Crippen molar-refractivity contribution in [2.75, 3.05) is 0 Å². The van der Waals surface area contributed by atoms with Crippen molar-refractivity contribution in [3.05, 3.63) is 24.0 Å². The third-order valence-corrected chi connectivity index (χ3v) is 3.08. The minimum Gasteiger partial charge on any atom is -0.491 e. The molecule has 0 saturated carbocycles. The second kappa shape index (κ2) is 5.83. The lowest BCUT2D eigenvalue weighted by Crippen LogP contribution is -2.07. The van der Waals surface area contributed by atoms with E-state index >= 15 is 0 Å². The Kier molecular flexibility index (Phi) is 4.35. The molecular formula is C15H21ClN2O. The fourth-order valence-corrected chi connectivity index (χ4v) is 2.38. The number of nitrogens with zero attached hydrogens (tertiary/aromatic N) is 2. The van der Waals surface area contributed by atoms with Gasteiger partial charge < -0.3 is 9.30 Å². The van der Waals surface area contributed by atoms with Gasteiger partial charge in [-0.3, -0.25) is 0 Å². The Bertz CT molecular complexity index is 561. The molecule has 1 aromatic heterocycles. The molecule has 0 radical (unpaired) electrons. The molecule has 19 heavy (non-hydrogen) atoms. The maximum Gasteiger partial charge on any atom is 0.124 e. The minimum atomic E-state index is 0.169. The molecule has 0 aliphatic heterocycles. The second-order valence-electron chi connectivity index (χ2n) is 5.48. The number of rotatable bonds is 5. The summed E-state index contributed by atoms with van der Waals surface area (Å²) in [7, 11) is 0. The van der Waals surface area contributed by atoms with Crippen LogP contribution in [-0.4, -0.2) is 15.7 Å². The molecule has 2 rings (SSSR count). The number of ether oxygens (including phenoxy) is 1. The lowest BCUT2D eigenvalue weighted by atomic mass is 10.2. The molecule has 0 bridgehead atoms. The average Bonchev–Trinajstić information content (AvgIpc) is 2.65. The van der Waals surface area contributed by atoms with Gasteiger partial charge in [0.05, 0.1) is 23.0 Å². The predicted octanol–water partition coefficient (Wildman–Crippen LogP) is 4.22. The van der Waals surface area contributed by atoms with Gasteiger partial charge in [-0.2, -0.15) is 0 Å². The van der Waals surface area contributed by atoms with Crippen LogP contribution in [0.15, 0.2) is 18.2 Å². The van der Waals surface area contributed by atoms with E-state index < -0.39 is 0 Å². The number of halogens is 1. The highest BCUT2D eigenvalue weighted by molar-refractivity contribution is 6.16. The van der Waals surface area contributed by atoms with Crippen LogP contribution in [0.4, 0.5) is 0 Å². The van der Waals surface area contributed by atoms with E-state index in [1.54, 1.807) is 0 Å². The van der Waals surface area contributed by atoms with Gasteiger partial charge in [-0.05, 0) is 31.9 Å². The van der Waals surface area contributed by atoms with Gasteiger partial charge in [0.2, 0.25) is 0 Å². The number of fused-ring (bicyclic) bond motifs is 1. The molecule has 0 spiro atoms. The SMILES string of the molecule is CC(C)Cn1c(CCl)nc2cc(OC(C)C)ccc21. The van der Waals surface area contributed by atoms with E-state index in [1.807, 2.05) is 26.0 Å². The van der Waals surface area contributed by atoms with Gasteiger partial charge >= 0.3 is 0 Å². The Morgan fingerprint density at radius 3 is 2.58 bits per heavy atom.